The number of carbonyl (C=O) groups excluding carboxylic acids is 2. The van der Waals surface area contributed by atoms with Gasteiger partial charge in [0.25, 0.3) is 11.7 Å². The van der Waals surface area contributed by atoms with Gasteiger partial charge in [-0.2, -0.15) is 0 Å². The lowest BCUT2D eigenvalue weighted by atomic mass is 9.78. The standard InChI is InChI=1S/C47H58N4O15/c1-21-11-10-12-22(2)46(60)49-37-41(59)33-32(36-44(37)65-31-20-28(19-29(55)35(31)48-36)51(14-16-52)15-17-53)34-43(26(6)40(33)58)66-47(8,45(34)50-61)63-18-13-30(62-9)23(3)42(64-27(7)54)25(5)39(57)24(4)38(21)56/h10-13,18-21,23-25,30,38-39,42,52-53,55-58,61H,14-17H2,1-9H3,(H,49,60)/b11-10+,18-13+,22-12-,50-45-/t21-,23+,24+,25+,30-,38-,39+,42+,47-/m0/s1. The Hall–Kier alpha value is -6.25. The molecule has 0 unspecified atom stereocenters. The fraction of sp³-hybridized carbons (Fsp3) is 0.468. The normalized spacial score (nSPS) is 28.8. The number of nitrogens with one attached hydrogen (secondary N) is 1. The molecule has 6 rings (SSSR count). The van der Waals surface area contributed by atoms with Crippen LogP contribution in [0.1, 0.15) is 59.6 Å². The average molecular weight is 919 g/mol. The summed E-state index contributed by atoms with van der Waals surface area (Å²) in [5.74, 6) is -7.34. The van der Waals surface area contributed by atoms with Crippen molar-refractivity contribution in [3.8, 4) is 28.7 Å². The van der Waals surface area contributed by atoms with E-state index in [1.54, 1.807) is 44.7 Å². The largest absolute Gasteiger partial charge is 0.507 e. The summed E-state index contributed by atoms with van der Waals surface area (Å²) in [4.78, 5) is 47.6. The van der Waals surface area contributed by atoms with Gasteiger partial charge in [-0.15, -0.1) is 0 Å². The molecular weight excluding hydrogens is 861 g/mol. The Morgan fingerprint density at radius 1 is 0.985 bits per heavy atom. The minimum absolute atomic E-state index is 0.0270. The highest BCUT2D eigenvalue weighted by molar-refractivity contribution is 6.24. The number of allylic oxidation sites excluding steroid dienone is 2. The van der Waals surface area contributed by atoms with Gasteiger partial charge in [-0.3, -0.25) is 14.4 Å². The van der Waals surface area contributed by atoms with Crippen LogP contribution in [0.25, 0.3) is 33.3 Å². The van der Waals surface area contributed by atoms with Gasteiger partial charge >= 0.3 is 5.97 Å². The molecule has 4 aliphatic rings. The van der Waals surface area contributed by atoms with Gasteiger partial charge in [0.05, 0.1) is 48.7 Å². The molecule has 1 amide bonds. The highest BCUT2D eigenvalue weighted by Crippen LogP contribution is 2.51. The summed E-state index contributed by atoms with van der Waals surface area (Å²) in [6, 6.07) is 2.82. The molecule has 4 bridgehead atoms. The molecule has 0 saturated heterocycles. The number of esters is 1. The Kier molecular flexibility index (Phi) is 14.7. The van der Waals surface area contributed by atoms with Crippen LogP contribution in [0.5, 0.6) is 17.2 Å². The molecule has 19 nitrogen and oxygen atoms in total. The fourth-order valence-corrected chi connectivity index (χ4v) is 8.82. The smallest absolute Gasteiger partial charge is 0.302 e. The van der Waals surface area contributed by atoms with Gasteiger partial charge in [-0.25, -0.2) is 4.98 Å². The Bertz CT molecular complexity index is 2650. The van der Waals surface area contributed by atoms with E-state index in [0.29, 0.717) is 5.69 Å². The molecule has 2 aromatic carbocycles. The summed E-state index contributed by atoms with van der Waals surface area (Å²) < 4.78 is 30.5. The first-order chi connectivity index (χ1) is 31.2. The van der Waals surface area contributed by atoms with Crippen molar-refractivity contribution >= 4 is 50.8 Å². The number of hydrogen-bond donors (Lipinski definition) is 8. The maximum atomic E-state index is 14.9. The Morgan fingerprint density at radius 2 is 1.67 bits per heavy atom. The van der Waals surface area contributed by atoms with E-state index < -0.39 is 88.4 Å². The number of phenolic OH excluding ortho intramolecular Hbond substituents is 2. The van der Waals surface area contributed by atoms with Crippen molar-refractivity contribution in [3.05, 3.63) is 69.6 Å². The lowest BCUT2D eigenvalue weighted by molar-refractivity contribution is -0.160. The number of nitrogens with zero attached hydrogens (tertiary/aromatic N) is 3. The number of rotatable bonds is 7. The zero-order valence-electron chi connectivity index (χ0n) is 38.2. The molecule has 3 heterocycles. The summed E-state index contributed by atoms with van der Waals surface area (Å²) >= 11 is 0. The van der Waals surface area contributed by atoms with Crippen molar-refractivity contribution in [3.63, 3.8) is 0 Å². The molecule has 356 valence electrons. The monoisotopic (exact) mass is 918 g/mol. The van der Waals surface area contributed by atoms with E-state index in [2.05, 4.69) is 10.5 Å². The maximum absolute atomic E-state index is 14.9. The number of benzene rings is 3. The molecule has 0 radical (unpaired) electrons. The fourth-order valence-electron chi connectivity index (χ4n) is 8.82. The van der Waals surface area contributed by atoms with Gasteiger partial charge in [-0.05, 0) is 19.9 Å². The molecule has 0 saturated carbocycles. The van der Waals surface area contributed by atoms with Gasteiger partial charge in [-0.1, -0.05) is 51.1 Å². The highest BCUT2D eigenvalue weighted by atomic mass is 16.7. The Morgan fingerprint density at radius 3 is 2.29 bits per heavy atom. The first-order valence-electron chi connectivity index (χ1n) is 21.5. The molecule has 0 fully saturated rings. The molecule has 66 heavy (non-hydrogen) atoms. The lowest BCUT2D eigenvalue weighted by Crippen LogP contribution is -2.46. The number of fused-ring (bicyclic) bond motifs is 2. The number of phenols is 2. The lowest BCUT2D eigenvalue weighted by Gasteiger charge is -2.38. The topological polar surface area (TPSA) is 283 Å². The van der Waals surface area contributed by atoms with Crippen LogP contribution in [0.15, 0.2) is 62.6 Å². The van der Waals surface area contributed by atoms with E-state index in [-0.39, 0.29) is 87.8 Å². The van der Waals surface area contributed by atoms with Crippen LogP contribution < -0.4 is 20.4 Å². The third-order valence-electron chi connectivity index (χ3n) is 12.6. The highest BCUT2D eigenvalue weighted by Gasteiger charge is 2.49. The van der Waals surface area contributed by atoms with Crippen LogP contribution in [0.4, 0.5) is 11.4 Å². The van der Waals surface area contributed by atoms with E-state index in [1.165, 1.54) is 65.4 Å². The van der Waals surface area contributed by atoms with E-state index >= 15 is 0 Å². The predicted octanol–water partition coefficient (Wildman–Crippen LogP) is 4.44. The second kappa shape index (κ2) is 19.7. The number of hydrogen-bond acceptors (Lipinski definition) is 18. The second-order valence-electron chi connectivity index (χ2n) is 17.1. The first kappa shape index (κ1) is 49.2. The Balaban J connectivity index is 1.64. The molecule has 3 aliphatic heterocycles. The molecule has 9 atom stereocenters. The van der Waals surface area contributed by atoms with Crippen molar-refractivity contribution in [2.45, 2.75) is 85.6 Å². The number of amides is 1. The molecule has 19 heteroatoms. The summed E-state index contributed by atoms with van der Waals surface area (Å²) in [6.07, 6.45) is 3.32. The first-order valence-corrected chi connectivity index (χ1v) is 21.5. The SMILES string of the molecule is CO[C@H]1/C=C/O[C@@]2(C)Oc3c(C)c(O)c4c(=O)c(c5oc6cc(N(CCO)CCO)cc(O)c6nc-5c4c3/C2=N/O)NC(=O)/C(C)=C\C=C\[C@H](C)[C@H](O)[C@@H](C)[C@@H](O)[C@@H](C)[C@H](OC(C)=O)[C@@H]1C. The van der Waals surface area contributed by atoms with Crippen LogP contribution >= 0.6 is 0 Å². The number of aliphatic hydroxyl groups is 4. The molecule has 0 aromatic heterocycles. The van der Waals surface area contributed by atoms with E-state index in [4.69, 9.17) is 28.3 Å². The zero-order chi connectivity index (χ0) is 48.5. The van der Waals surface area contributed by atoms with Crippen LogP contribution in [-0.4, -0.2) is 122 Å². The number of oxime groups is 1. The minimum Gasteiger partial charge on any atom is -0.507 e. The predicted molar refractivity (Wildman–Crippen MR) is 243 cm³/mol. The van der Waals surface area contributed by atoms with Crippen molar-refractivity contribution in [2.24, 2.45) is 28.8 Å². The number of aromatic nitrogens is 1. The quantitative estimate of drug-likeness (QED) is 0.0418. The van der Waals surface area contributed by atoms with Gasteiger partial charge in [0, 0.05) is 92.1 Å². The molecule has 0 spiro atoms. The summed E-state index contributed by atoms with van der Waals surface area (Å²) in [6.45, 7) is 12.0. The molecule has 1 aliphatic carbocycles. The van der Waals surface area contributed by atoms with Gasteiger partial charge in [0.2, 0.25) is 5.43 Å². The van der Waals surface area contributed by atoms with Crippen molar-refractivity contribution < 1.29 is 68.8 Å². The third-order valence-corrected chi connectivity index (χ3v) is 12.6. The van der Waals surface area contributed by atoms with Gasteiger partial charge in [0.15, 0.2) is 17.1 Å². The summed E-state index contributed by atoms with van der Waals surface area (Å²) in [5.41, 5.74) is -1.62. The van der Waals surface area contributed by atoms with E-state index in [9.17, 15) is 50.2 Å². The van der Waals surface area contributed by atoms with Gasteiger partial charge < -0.3 is 69.4 Å². The van der Waals surface area contributed by atoms with Crippen LogP contribution in [-0.2, 0) is 23.8 Å². The van der Waals surface area contributed by atoms with Crippen LogP contribution in [0, 0.1) is 30.6 Å². The molecular formula is C47H58N4O15. The van der Waals surface area contributed by atoms with Gasteiger partial charge in [0.1, 0.15) is 40.3 Å². The number of methoxy groups -OCH3 is 1. The summed E-state index contributed by atoms with van der Waals surface area (Å²) in [5, 5.41) is 82.2. The second-order valence-corrected chi connectivity index (χ2v) is 17.1. The third kappa shape index (κ3) is 9.00. The van der Waals surface area contributed by atoms with Crippen LogP contribution in [0.2, 0.25) is 0 Å². The van der Waals surface area contributed by atoms with Crippen molar-refractivity contribution in [1.82, 2.24) is 4.98 Å². The maximum Gasteiger partial charge on any atom is 0.302 e. The Labute approximate surface area is 380 Å². The van der Waals surface area contributed by atoms with E-state index in [0.717, 1.165) is 0 Å². The van der Waals surface area contributed by atoms with E-state index in [1.807, 2.05) is 0 Å². The number of aromatic hydroxyl groups is 2. The zero-order valence-corrected chi connectivity index (χ0v) is 38.2. The van der Waals surface area contributed by atoms with Crippen molar-refractivity contribution in [1.29, 1.82) is 0 Å². The molecule has 2 aromatic rings. The van der Waals surface area contributed by atoms with Crippen LogP contribution in [0.3, 0.4) is 0 Å². The average Bonchev–Trinajstić information content (AvgIpc) is 3.58. The number of carbonyl (C=O) groups is 2. The minimum atomic E-state index is -1.97. The number of aliphatic hydroxyl groups excluding tert-OH is 4. The van der Waals surface area contributed by atoms with Crippen molar-refractivity contribution in [2.75, 3.05) is 43.6 Å². The number of anilines is 2. The molecule has 8 N–H and O–H groups in total. The summed E-state index contributed by atoms with van der Waals surface area (Å²) in [7, 11) is 1.42. The number of ether oxygens (including phenoxy) is 4.